The van der Waals surface area contributed by atoms with E-state index in [-0.39, 0.29) is 24.2 Å². The fraction of sp³-hybridized carbons (Fsp3) is 0.333. The minimum absolute atomic E-state index is 0.00878. The van der Waals surface area contributed by atoms with Crippen LogP contribution in [0.25, 0.3) is 11.1 Å². The number of halogens is 2. The fourth-order valence-corrected chi connectivity index (χ4v) is 4.08. The molecule has 0 bridgehead atoms. The highest BCUT2D eigenvalue weighted by Crippen LogP contribution is 2.33. The largest absolute Gasteiger partial charge is 0.462 e. The summed E-state index contributed by atoms with van der Waals surface area (Å²) in [5.41, 5.74) is 2.24. The van der Waals surface area contributed by atoms with E-state index in [0.29, 0.717) is 40.7 Å². The van der Waals surface area contributed by atoms with Gasteiger partial charge in [0.2, 0.25) is 5.95 Å². The molecule has 1 unspecified atom stereocenters. The van der Waals surface area contributed by atoms with Gasteiger partial charge in [0.15, 0.2) is 0 Å². The molecule has 10 heteroatoms. The monoisotopic (exact) mass is 485 g/mol. The lowest BCUT2D eigenvalue weighted by atomic mass is 9.98. The van der Waals surface area contributed by atoms with E-state index in [1.54, 1.807) is 31.5 Å². The predicted octanol–water partition coefficient (Wildman–Crippen LogP) is 4.46. The summed E-state index contributed by atoms with van der Waals surface area (Å²) in [6.45, 7) is 3.49. The molecule has 1 aromatic carbocycles. The summed E-state index contributed by atoms with van der Waals surface area (Å²) in [5.74, 6) is 0.118. The van der Waals surface area contributed by atoms with Crippen molar-refractivity contribution in [2.45, 2.75) is 19.8 Å². The summed E-state index contributed by atoms with van der Waals surface area (Å²) in [7, 11) is 0. The van der Waals surface area contributed by atoms with Crippen molar-refractivity contribution in [3.05, 3.63) is 59.3 Å². The number of aliphatic hydroxyl groups excluding tert-OH is 1. The highest BCUT2D eigenvalue weighted by Gasteiger charge is 2.24. The van der Waals surface area contributed by atoms with Gasteiger partial charge in [0.05, 0.1) is 17.2 Å². The minimum Gasteiger partial charge on any atom is -0.462 e. The zero-order valence-corrected chi connectivity index (χ0v) is 19.4. The number of ether oxygens (including phenoxy) is 1. The molecule has 0 spiro atoms. The third-order valence-electron chi connectivity index (χ3n) is 5.58. The van der Waals surface area contributed by atoms with Crippen LogP contribution in [0, 0.1) is 11.7 Å². The molecule has 34 heavy (non-hydrogen) atoms. The Bertz CT molecular complexity index is 1180. The Morgan fingerprint density at radius 1 is 1.32 bits per heavy atom. The number of hydrogen-bond donors (Lipinski definition) is 2. The Morgan fingerprint density at radius 3 is 2.94 bits per heavy atom. The third-order valence-corrected chi connectivity index (χ3v) is 5.87. The number of esters is 1. The van der Waals surface area contributed by atoms with Crippen molar-refractivity contribution < 1.29 is 19.0 Å². The zero-order valence-electron chi connectivity index (χ0n) is 18.7. The molecule has 178 valence electrons. The molecule has 2 aromatic heterocycles. The van der Waals surface area contributed by atoms with E-state index >= 15 is 0 Å². The maximum Gasteiger partial charge on any atom is 0.339 e. The zero-order chi connectivity index (χ0) is 24.1. The maximum atomic E-state index is 13.5. The maximum absolute atomic E-state index is 13.5. The first kappa shape index (κ1) is 23.8. The van der Waals surface area contributed by atoms with Crippen LogP contribution in [0.3, 0.4) is 0 Å². The number of nitrogens with zero attached hydrogens (tertiary/aromatic N) is 4. The van der Waals surface area contributed by atoms with Crippen molar-refractivity contribution in [2.24, 2.45) is 5.92 Å². The molecule has 8 nitrogen and oxygen atoms in total. The highest BCUT2D eigenvalue weighted by atomic mass is 35.5. The van der Waals surface area contributed by atoms with Gasteiger partial charge >= 0.3 is 5.97 Å². The summed E-state index contributed by atoms with van der Waals surface area (Å²) in [6, 6.07) is 5.98. The van der Waals surface area contributed by atoms with Crippen LogP contribution in [0.2, 0.25) is 5.02 Å². The molecule has 1 fully saturated rings. The van der Waals surface area contributed by atoms with Gasteiger partial charge in [-0.15, -0.1) is 0 Å². The van der Waals surface area contributed by atoms with Crippen LogP contribution in [-0.4, -0.2) is 52.3 Å². The molecule has 1 saturated heterocycles. The SMILES string of the molecule is CCOC(=O)c1cncc(-c2cnc(Nc3ccc(F)c(Cl)c3)nc2N2CCCC(CO)C2)c1. The van der Waals surface area contributed by atoms with Crippen molar-refractivity contribution in [3.63, 3.8) is 0 Å². The lowest BCUT2D eigenvalue weighted by Gasteiger charge is -2.34. The number of anilines is 3. The van der Waals surface area contributed by atoms with Gasteiger partial charge in [-0.2, -0.15) is 4.98 Å². The number of piperidine rings is 1. The minimum atomic E-state index is -0.512. The lowest BCUT2D eigenvalue weighted by molar-refractivity contribution is 0.0526. The van der Waals surface area contributed by atoms with Gasteiger partial charge in [0.25, 0.3) is 0 Å². The summed E-state index contributed by atoms with van der Waals surface area (Å²) in [6.07, 6.45) is 6.60. The molecule has 3 aromatic rings. The van der Waals surface area contributed by atoms with Gasteiger partial charge in [-0.1, -0.05) is 11.6 Å². The number of hydrogen-bond acceptors (Lipinski definition) is 8. The molecule has 1 atom stereocenters. The van der Waals surface area contributed by atoms with Crippen molar-refractivity contribution in [3.8, 4) is 11.1 Å². The Kier molecular flexibility index (Phi) is 7.54. The Labute approximate surface area is 201 Å². The molecule has 1 aliphatic heterocycles. The normalized spacial score (nSPS) is 15.8. The third kappa shape index (κ3) is 5.43. The predicted molar refractivity (Wildman–Crippen MR) is 128 cm³/mol. The van der Waals surface area contributed by atoms with Crippen LogP contribution in [0.5, 0.6) is 0 Å². The van der Waals surface area contributed by atoms with Crippen molar-refractivity contribution in [1.82, 2.24) is 15.0 Å². The van der Waals surface area contributed by atoms with Gasteiger partial charge in [-0.05, 0) is 49.9 Å². The summed E-state index contributed by atoms with van der Waals surface area (Å²) in [5, 5.41) is 12.8. The summed E-state index contributed by atoms with van der Waals surface area (Å²) < 4.78 is 18.6. The molecule has 0 amide bonds. The fourth-order valence-electron chi connectivity index (χ4n) is 3.90. The van der Waals surface area contributed by atoms with Gasteiger partial charge in [-0.25, -0.2) is 14.2 Å². The van der Waals surface area contributed by atoms with Crippen molar-refractivity contribution in [2.75, 3.05) is 36.5 Å². The number of aliphatic hydroxyl groups is 1. The van der Waals surface area contributed by atoms with Crippen molar-refractivity contribution >= 4 is 35.0 Å². The number of carbonyl (C=O) groups is 1. The first-order chi connectivity index (χ1) is 16.5. The quantitative estimate of drug-likeness (QED) is 0.473. The first-order valence-electron chi connectivity index (χ1n) is 11.1. The van der Waals surface area contributed by atoms with E-state index in [1.807, 2.05) is 0 Å². The highest BCUT2D eigenvalue weighted by molar-refractivity contribution is 6.31. The lowest BCUT2D eigenvalue weighted by Crippen LogP contribution is -2.37. The van der Waals surface area contributed by atoms with E-state index < -0.39 is 11.8 Å². The molecule has 0 saturated carbocycles. The molecule has 0 aliphatic carbocycles. The Balaban J connectivity index is 1.73. The van der Waals surface area contributed by atoms with Gasteiger partial charge in [0, 0.05) is 55.1 Å². The molecular formula is C24H25ClFN5O3. The number of benzene rings is 1. The second-order valence-corrected chi connectivity index (χ2v) is 8.41. The van der Waals surface area contributed by atoms with E-state index in [9.17, 15) is 14.3 Å². The van der Waals surface area contributed by atoms with Crippen LogP contribution in [-0.2, 0) is 4.74 Å². The average molecular weight is 486 g/mol. The van der Waals surface area contributed by atoms with Gasteiger partial charge in [-0.3, -0.25) is 4.98 Å². The van der Waals surface area contributed by atoms with Crippen LogP contribution in [0.4, 0.5) is 21.8 Å². The molecule has 4 rings (SSSR count). The number of nitrogens with one attached hydrogen (secondary N) is 1. The smallest absolute Gasteiger partial charge is 0.339 e. The number of pyridine rings is 1. The van der Waals surface area contributed by atoms with Crippen LogP contribution < -0.4 is 10.2 Å². The van der Waals surface area contributed by atoms with Crippen LogP contribution in [0.1, 0.15) is 30.1 Å². The van der Waals surface area contributed by atoms with E-state index in [1.165, 1.54) is 18.3 Å². The molecule has 0 radical (unpaired) electrons. The molecule has 3 heterocycles. The first-order valence-corrected chi connectivity index (χ1v) is 11.4. The second kappa shape index (κ2) is 10.8. The molecular weight excluding hydrogens is 461 g/mol. The standard InChI is InChI=1S/C24H25ClFN5O3/c1-2-34-23(33)17-8-16(10-27-11-17)19-12-28-24(29-18-5-6-21(26)20(25)9-18)30-22(19)31-7-3-4-15(13-31)14-32/h5-6,8-12,15,32H,2-4,7,13-14H2,1H3,(H,28,29,30). The van der Waals surface area contributed by atoms with Gasteiger partial charge in [0.1, 0.15) is 11.6 Å². The van der Waals surface area contributed by atoms with E-state index in [0.717, 1.165) is 19.4 Å². The molecule has 1 aliphatic rings. The summed E-state index contributed by atoms with van der Waals surface area (Å²) in [4.78, 5) is 27.7. The molecule has 2 N–H and O–H groups in total. The average Bonchev–Trinajstić information content (AvgIpc) is 2.86. The number of carbonyl (C=O) groups excluding carboxylic acids is 1. The van der Waals surface area contributed by atoms with Crippen molar-refractivity contribution in [1.29, 1.82) is 0 Å². The van der Waals surface area contributed by atoms with Crippen LogP contribution >= 0.6 is 11.6 Å². The second-order valence-electron chi connectivity index (χ2n) is 8.00. The summed E-state index contributed by atoms with van der Waals surface area (Å²) >= 11 is 5.90. The van der Waals surface area contributed by atoms with E-state index in [4.69, 9.17) is 21.3 Å². The van der Waals surface area contributed by atoms with E-state index in [2.05, 4.69) is 20.2 Å². The Morgan fingerprint density at radius 2 is 2.18 bits per heavy atom. The van der Waals surface area contributed by atoms with Gasteiger partial charge < -0.3 is 20.1 Å². The number of rotatable bonds is 7. The number of aromatic nitrogens is 3. The Hall–Kier alpha value is -3.30. The van der Waals surface area contributed by atoms with Crippen LogP contribution in [0.15, 0.2) is 42.9 Å². The topological polar surface area (TPSA) is 100 Å².